The average Bonchev–Trinajstić information content (AvgIpc) is 2.48. The fourth-order valence-electron chi connectivity index (χ4n) is 2.77. The number of hydrogen-bond acceptors (Lipinski definition) is 2. The lowest BCUT2D eigenvalue weighted by atomic mass is 9.89. The average molecular weight is 262 g/mol. The van der Waals surface area contributed by atoms with Crippen LogP contribution in [0.15, 0.2) is 24.3 Å². The van der Waals surface area contributed by atoms with Gasteiger partial charge in [0.1, 0.15) is 5.75 Å². The van der Waals surface area contributed by atoms with E-state index in [9.17, 15) is 0 Å². The van der Waals surface area contributed by atoms with Gasteiger partial charge in [0.2, 0.25) is 6.29 Å². The Balaban J connectivity index is 1.97. The summed E-state index contributed by atoms with van der Waals surface area (Å²) in [6, 6.07) is 8.40. The first-order chi connectivity index (χ1) is 9.33. The van der Waals surface area contributed by atoms with Gasteiger partial charge in [0.25, 0.3) is 0 Å². The van der Waals surface area contributed by atoms with Gasteiger partial charge in [0.15, 0.2) is 0 Å². The summed E-state index contributed by atoms with van der Waals surface area (Å²) in [4.78, 5) is 0. The summed E-state index contributed by atoms with van der Waals surface area (Å²) < 4.78 is 11.9. The standard InChI is InChI=1S/C17H26O2/c1-3-14-10-12-16(13-11-14)19-17(18-4-2)15-8-6-5-7-9-15/h10-13,15,17H,3-9H2,1-2H3. The van der Waals surface area contributed by atoms with E-state index in [4.69, 9.17) is 9.47 Å². The van der Waals surface area contributed by atoms with Crippen LogP contribution in [0.4, 0.5) is 0 Å². The van der Waals surface area contributed by atoms with Gasteiger partial charge in [-0.1, -0.05) is 38.3 Å². The maximum atomic E-state index is 6.07. The monoisotopic (exact) mass is 262 g/mol. The maximum absolute atomic E-state index is 6.07. The second-order valence-corrected chi connectivity index (χ2v) is 5.34. The zero-order valence-corrected chi connectivity index (χ0v) is 12.2. The van der Waals surface area contributed by atoms with E-state index in [-0.39, 0.29) is 6.29 Å². The van der Waals surface area contributed by atoms with Crippen LogP contribution in [0.1, 0.15) is 51.5 Å². The predicted molar refractivity (Wildman–Crippen MR) is 78.4 cm³/mol. The van der Waals surface area contributed by atoms with Crippen molar-refractivity contribution in [3.8, 4) is 5.75 Å². The Hall–Kier alpha value is -1.02. The molecule has 1 aromatic carbocycles. The fourth-order valence-corrected chi connectivity index (χ4v) is 2.77. The van der Waals surface area contributed by atoms with Gasteiger partial charge >= 0.3 is 0 Å². The highest BCUT2D eigenvalue weighted by Crippen LogP contribution is 2.29. The highest BCUT2D eigenvalue weighted by atomic mass is 16.7. The van der Waals surface area contributed by atoms with Crippen LogP contribution in [0.3, 0.4) is 0 Å². The van der Waals surface area contributed by atoms with Crippen molar-refractivity contribution in [3.05, 3.63) is 29.8 Å². The molecule has 0 aliphatic heterocycles. The molecule has 106 valence electrons. The lowest BCUT2D eigenvalue weighted by Crippen LogP contribution is -2.31. The van der Waals surface area contributed by atoms with Gasteiger partial charge in [-0.2, -0.15) is 0 Å². The molecule has 1 aliphatic carbocycles. The Bertz CT molecular complexity index is 352. The lowest BCUT2D eigenvalue weighted by molar-refractivity contribution is -0.119. The summed E-state index contributed by atoms with van der Waals surface area (Å²) in [5.41, 5.74) is 1.35. The van der Waals surface area contributed by atoms with Crippen LogP contribution >= 0.6 is 0 Å². The highest BCUT2D eigenvalue weighted by Gasteiger charge is 2.25. The Morgan fingerprint density at radius 1 is 1.05 bits per heavy atom. The van der Waals surface area contributed by atoms with Crippen molar-refractivity contribution in [1.82, 2.24) is 0 Å². The molecule has 0 spiro atoms. The third kappa shape index (κ3) is 4.24. The Kier molecular flexibility index (Phi) is 5.71. The van der Waals surface area contributed by atoms with Gasteiger partial charge < -0.3 is 9.47 Å². The van der Waals surface area contributed by atoms with Crippen LogP contribution < -0.4 is 4.74 Å². The van der Waals surface area contributed by atoms with E-state index in [0.717, 1.165) is 12.2 Å². The van der Waals surface area contributed by atoms with E-state index in [0.29, 0.717) is 12.5 Å². The molecule has 0 radical (unpaired) electrons. The Labute approximate surface area is 117 Å². The first-order valence-corrected chi connectivity index (χ1v) is 7.70. The van der Waals surface area contributed by atoms with Gasteiger partial charge in [-0.25, -0.2) is 0 Å². The van der Waals surface area contributed by atoms with Crippen molar-refractivity contribution in [2.24, 2.45) is 5.92 Å². The molecule has 1 unspecified atom stereocenters. The smallest absolute Gasteiger partial charge is 0.202 e. The number of rotatable bonds is 6. The van der Waals surface area contributed by atoms with Gasteiger partial charge in [-0.3, -0.25) is 0 Å². The van der Waals surface area contributed by atoms with E-state index in [1.807, 2.05) is 6.92 Å². The molecule has 2 rings (SSSR count). The van der Waals surface area contributed by atoms with Gasteiger partial charge in [-0.15, -0.1) is 0 Å². The molecule has 0 bridgehead atoms. The first kappa shape index (κ1) is 14.4. The number of benzene rings is 1. The first-order valence-electron chi connectivity index (χ1n) is 7.70. The molecule has 0 saturated heterocycles. The largest absolute Gasteiger partial charge is 0.465 e. The summed E-state index contributed by atoms with van der Waals surface area (Å²) in [6.45, 7) is 4.93. The van der Waals surface area contributed by atoms with E-state index >= 15 is 0 Å². The van der Waals surface area contributed by atoms with Crippen LogP contribution in [-0.2, 0) is 11.2 Å². The lowest BCUT2D eigenvalue weighted by Gasteiger charge is -2.30. The van der Waals surface area contributed by atoms with Crippen LogP contribution in [0.5, 0.6) is 5.75 Å². The third-order valence-electron chi connectivity index (χ3n) is 3.95. The zero-order valence-electron chi connectivity index (χ0n) is 12.2. The van der Waals surface area contributed by atoms with Gasteiger partial charge in [0.05, 0.1) is 0 Å². The zero-order chi connectivity index (χ0) is 13.5. The van der Waals surface area contributed by atoms with Crippen LogP contribution in [-0.4, -0.2) is 12.9 Å². The molecule has 0 heterocycles. The predicted octanol–water partition coefficient (Wildman–Crippen LogP) is 4.57. The minimum absolute atomic E-state index is 0.0715. The van der Waals surface area contributed by atoms with Crippen molar-refractivity contribution in [2.75, 3.05) is 6.61 Å². The topological polar surface area (TPSA) is 18.5 Å². The molecule has 0 N–H and O–H groups in total. The molecule has 0 aromatic heterocycles. The Morgan fingerprint density at radius 3 is 2.32 bits per heavy atom. The SMILES string of the molecule is CCOC(Oc1ccc(CC)cc1)C1CCCCC1. The molecule has 1 aliphatic rings. The van der Waals surface area contributed by atoms with Crippen molar-refractivity contribution >= 4 is 0 Å². The molecule has 2 nitrogen and oxygen atoms in total. The highest BCUT2D eigenvalue weighted by molar-refractivity contribution is 5.27. The van der Waals surface area contributed by atoms with Crippen molar-refractivity contribution in [1.29, 1.82) is 0 Å². The number of aryl methyl sites for hydroxylation is 1. The summed E-state index contributed by atoms with van der Waals surface area (Å²) in [5.74, 6) is 1.49. The van der Waals surface area contributed by atoms with E-state index in [1.54, 1.807) is 0 Å². The van der Waals surface area contributed by atoms with E-state index < -0.39 is 0 Å². The van der Waals surface area contributed by atoms with Crippen LogP contribution in [0, 0.1) is 5.92 Å². The van der Waals surface area contributed by atoms with Crippen LogP contribution in [0.2, 0.25) is 0 Å². The summed E-state index contributed by atoms with van der Waals surface area (Å²) in [7, 11) is 0. The van der Waals surface area contributed by atoms with Crippen molar-refractivity contribution in [2.45, 2.75) is 58.7 Å². The molecule has 19 heavy (non-hydrogen) atoms. The van der Waals surface area contributed by atoms with E-state index in [2.05, 4.69) is 31.2 Å². The Morgan fingerprint density at radius 2 is 1.74 bits per heavy atom. The van der Waals surface area contributed by atoms with Crippen molar-refractivity contribution in [3.63, 3.8) is 0 Å². The molecule has 1 saturated carbocycles. The minimum Gasteiger partial charge on any atom is -0.465 e. The molecule has 1 atom stereocenters. The second-order valence-electron chi connectivity index (χ2n) is 5.34. The fraction of sp³-hybridized carbons (Fsp3) is 0.647. The van der Waals surface area contributed by atoms with Gasteiger partial charge in [0, 0.05) is 12.5 Å². The molecule has 0 amide bonds. The van der Waals surface area contributed by atoms with Gasteiger partial charge in [-0.05, 0) is 43.9 Å². The summed E-state index contributed by atoms with van der Waals surface area (Å²) in [5, 5.41) is 0. The second kappa shape index (κ2) is 7.54. The number of ether oxygens (including phenoxy) is 2. The molecule has 1 fully saturated rings. The minimum atomic E-state index is -0.0715. The molecular formula is C17H26O2. The quantitative estimate of drug-likeness (QED) is 0.699. The van der Waals surface area contributed by atoms with Crippen molar-refractivity contribution < 1.29 is 9.47 Å². The third-order valence-corrected chi connectivity index (χ3v) is 3.95. The molecule has 1 aromatic rings. The molecule has 2 heteroatoms. The van der Waals surface area contributed by atoms with E-state index in [1.165, 1.54) is 37.7 Å². The summed E-state index contributed by atoms with van der Waals surface area (Å²) >= 11 is 0. The summed E-state index contributed by atoms with van der Waals surface area (Å²) in [6.07, 6.45) is 7.45. The molecular weight excluding hydrogens is 236 g/mol. The normalized spacial score (nSPS) is 18.2. The number of hydrogen-bond donors (Lipinski definition) is 0. The van der Waals surface area contributed by atoms with Crippen LogP contribution in [0.25, 0.3) is 0 Å². The maximum Gasteiger partial charge on any atom is 0.202 e.